The third-order valence-corrected chi connectivity index (χ3v) is 3.02. The molecule has 17 heavy (non-hydrogen) atoms. The van der Waals surface area contributed by atoms with E-state index in [4.69, 9.17) is 4.84 Å². The van der Waals surface area contributed by atoms with Crippen LogP contribution in [0.25, 0.3) is 5.70 Å². The van der Waals surface area contributed by atoms with Crippen LogP contribution in [0, 0.1) is 0 Å². The van der Waals surface area contributed by atoms with Gasteiger partial charge in [-0.25, -0.2) is 10.3 Å². The summed E-state index contributed by atoms with van der Waals surface area (Å²) in [4.78, 5) is 17.5. The lowest BCUT2D eigenvalue weighted by Crippen LogP contribution is -2.17. The molecule has 0 atom stereocenters. The summed E-state index contributed by atoms with van der Waals surface area (Å²) in [5.74, 6) is -0.427. The van der Waals surface area contributed by atoms with Crippen LogP contribution in [-0.2, 0) is 4.84 Å². The molecule has 4 heteroatoms. The molecule has 3 nitrogen and oxygen atoms in total. The van der Waals surface area contributed by atoms with Gasteiger partial charge in [0.2, 0.25) is 0 Å². The normalized spacial score (nSPS) is 9.65. The molecule has 2 rings (SSSR count). The van der Waals surface area contributed by atoms with Gasteiger partial charge < -0.3 is 4.84 Å². The molecule has 0 spiro atoms. The standard InChI is InChI=1S/C13H11NO2S/c1-10(12-8-5-9-17-12)14-16-13(15)11-6-3-2-4-7-11/h2-9,14H,1H2. The van der Waals surface area contributed by atoms with Gasteiger partial charge in [-0.05, 0) is 23.6 Å². The quantitative estimate of drug-likeness (QED) is 0.841. The van der Waals surface area contributed by atoms with Gasteiger partial charge in [-0.2, -0.15) is 0 Å². The maximum absolute atomic E-state index is 11.6. The molecule has 0 amide bonds. The van der Waals surface area contributed by atoms with Crippen LogP contribution in [0.15, 0.2) is 54.4 Å². The predicted molar refractivity (Wildman–Crippen MR) is 68.3 cm³/mol. The average Bonchev–Trinajstić information content (AvgIpc) is 2.90. The van der Waals surface area contributed by atoms with Gasteiger partial charge >= 0.3 is 5.97 Å². The Hall–Kier alpha value is -2.07. The molecule has 0 aliphatic heterocycles. The van der Waals surface area contributed by atoms with Crippen molar-refractivity contribution in [3.8, 4) is 0 Å². The highest BCUT2D eigenvalue weighted by Gasteiger charge is 2.07. The molecule has 1 aromatic heterocycles. The highest BCUT2D eigenvalue weighted by Crippen LogP contribution is 2.15. The molecular formula is C13H11NO2S. The Labute approximate surface area is 103 Å². The minimum atomic E-state index is -0.427. The second-order valence-corrected chi connectivity index (χ2v) is 4.26. The van der Waals surface area contributed by atoms with Gasteiger partial charge in [0.15, 0.2) is 0 Å². The van der Waals surface area contributed by atoms with Crippen molar-refractivity contribution >= 4 is 23.0 Å². The Balaban J connectivity index is 1.91. The topological polar surface area (TPSA) is 38.3 Å². The second kappa shape index (κ2) is 5.32. The fourth-order valence-corrected chi connectivity index (χ4v) is 1.89. The van der Waals surface area contributed by atoms with Gasteiger partial charge in [-0.3, -0.25) is 0 Å². The van der Waals surface area contributed by atoms with E-state index in [9.17, 15) is 4.79 Å². The smallest absolute Gasteiger partial charge is 0.338 e. The van der Waals surface area contributed by atoms with Crippen LogP contribution in [-0.4, -0.2) is 5.97 Å². The molecule has 86 valence electrons. The summed E-state index contributed by atoms with van der Waals surface area (Å²) in [5.41, 5.74) is 3.62. The van der Waals surface area contributed by atoms with E-state index in [1.165, 1.54) is 11.3 Å². The van der Waals surface area contributed by atoms with E-state index in [-0.39, 0.29) is 0 Å². The van der Waals surface area contributed by atoms with Crippen LogP contribution in [0.3, 0.4) is 0 Å². The number of carbonyl (C=O) groups excluding carboxylic acids is 1. The number of rotatable bonds is 4. The molecule has 1 heterocycles. The Morgan fingerprint density at radius 1 is 1.18 bits per heavy atom. The summed E-state index contributed by atoms with van der Waals surface area (Å²) in [6.45, 7) is 3.78. The lowest BCUT2D eigenvalue weighted by atomic mass is 10.2. The lowest BCUT2D eigenvalue weighted by molar-refractivity contribution is 0.0370. The fourth-order valence-electron chi connectivity index (χ4n) is 1.24. The monoisotopic (exact) mass is 245 g/mol. The molecule has 0 fully saturated rings. The Kier molecular flexibility index (Phi) is 3.57. The summed E-state index contributed by atoms with van der Waals surface area (Å²) in [7, 11) is 0. The van der Waals surface area contributed by atoms with E-state index in [0.717, 1.165) is 4.88 Å². The molecule has 0 saturated heterocycles. The largest absolute Gasteiger partial charge is 0.362 e. The number of nitrogens with one attached hydrogen (secondary N) is 1. The van der Waals surface area contributed by atoms with Crippen LogP contribution in [0.4, 0.5) is 0 Å². The zero-order valence-corrected chi connectivity index (χ0v) is 9.87. The maximum atomic E-state index is 11.6. The lowest BCUT2D eigenvalue weighted by Gasteiger charge is -2.07. The van der Waals surface area contributed by atoms with E-state index >= 15 is 0 Å². The number of thiophene rings is 1. The predicted octanol–water partition coefficient (Wildman–Crippen LogP) is 3.08. The first-order valence-corrected chi connectivity index (χ1v) is 5.90. The first-order valence-electron chi connectivity index (χ1n) is 5.02. The molecule has 0 aliphatic rings. The molecule has 0 aliphatic carbocycles. The molecule has 2 aromatic rings. The fraction of sp³-hybridized carbons (Fsp3) is 0. The van der Waals surface area contributed by atoms with Gasteiger partial charge in [-0.15, -0.1) is 11.3 Å². The van der Waals surface area contributed by atoms with Crippen molar-refractivity contribution in [2.45, 2.75) is 0 Å². The molecule has 1 N–H and O–H groups in total. The van der Waals surface area contributed by atoms with Gasteiger partial charge in [0.05, 0.1) is 16.1 Å². The third-order valence-electron chi connectivity index (χ3n) is 2.10. The summed E-state index contributed by atoms with van der Waals surface area (Å²) < 4.78 is 0. The van der Waals surface area contributed by atoms with E-state index in [0.29, 0.717) is 11.3 Å². The zero-order valence-electron chi connectivity index (χ0n) is 9.05. The minimum Gasteiger partial charge on any atom is -0.338 e. The van der Waals surface area contributed by atoms with Crippen molar-refractivity contribution in [2.75, 3.05) is 0 Å². The molecule has 0 saturated carbocycles. The van der Waals surface area contributed by atoms with E-state index in [2.05, 4.69) is 12.1 Å². The number of carbonyl (C=O) groups is 1. The summed E-state index contributed by atoms with van der Waals surface area (Å²) in [6.07, 6.45) is 0. The van der Waals surface area contributed by atoms with E-state index in [1.54, 1.807) is 24.3 Å². The summed E-state index contributed by atoms with van der Waals surface area (Å²) in [5, 5.41) is 1.93. The molecule has 0 radical (unpaired) electrons. The van der Waals surface area contributed by atoms with Gasteiger partial charge in [-0.1, -0.05) is 30.8 Å². The highest BCUT2D eigenvalue weighted by molar-refractivity contribution is 7.11. The van der Waals surface area contributed by atoms with Crippen molar-refractivity contribution in [3.63, 3.8) is 0 Å². The highest BCUT2D eigenvalue weighted by atomic mass is 32.1. The van der Waals surface area contributed by atoms with Gasteiger partial charge in [0, 0.05) is 0 Å². The Morgan fingerprint density at radius 3 is 2.59 bits per heavy atom. The molecule has 1 aromatic carbocycles. The summed E-state index contributed by atoms with van der Waals surface area (Å²) >= 11 is 1.53. The molecular weight excluding hydrogens is 234 g/mol. The van der Waals surface area contributed by atoms with Crippen LogP contribution >= 0.6 is 11.3 Å². The number of benzene rings is 1. The molecule has 0 bridgehead atoms. The minimum absolute atomic E-state index is 0.427. The van der Waals surface area contributed by atoms with Crippen molar-refractivity contribution in [2.24, 2.45) is 0 Å². The number of hydroxylamine groups is 1. The number of hydrogen-bond acceptors (Lipinski definition) is 4. The van der Waals surface area contributed by atoms with Crippen molar-refractivity contribution in [1.29, 1.82) is 0 Å². The average molecular weight is 245 g/mol. The Morgan fingerprint density at radius 2 is 1.94 bits per heavy atom. The van der Waals surface area contributed by atoms with Gasteiger partial charge in [0.25, 0.3) is 0 Å². The first-order chi connectivity index (χ1) is 8.27. The third kappa shape index (κ3) is 2.95. The van der Waals surface area contributed by atoms with Crippen molar-refractivity contribution < 1.29 is 9.63 Å². The van der Waals surface area contributed by atoms with Crippen molar-refractivity contribution in [3.05, 3.63) is 64.9 Å². The van der Waals surface area contributed by atoms with E-state index in [1.807, 2.05) is 23.6 Å². The Bertz CT molecular complexity index is 505. The van der Waals surface area contributed by atoms with Crippen LogP contribution in [0.5, 0.6) is 0 Å². The van der Waals surface area contributed by atoms with Crippen molar-refractivity contribution in [1.82, 2.24) is 5.48 Å². The van der Waals surface area contributed by atoms with Crippen LogP contribution < -0.4 is 5.48 Å². The number of hydrogen-bond donors (Lipinski definition) is 1. The second-order valence-electron chi connectivity index (χ2n) is 3.31. The molecule has 0 unspecified atom stereocenters. The zero-order chi connectivity index (χ0) is 12.1. The maximum Gasteiger partial charge on any atom is 0.362 e. The summed E-state index contributed by atoms with van der Waals surface area (Å²) in [6, 6.07) is 12.6. The first kappa shape index (κ1) is 11.4. The SMILES string of the molecule is C=C(NOC(=O)c1ccccc1)c1cccs1. The van der Waals surface area contributed by atoms with Crippen LogP contribution in [0.2, 0.25) is 0 Å². The van der Waals surface area contributed by atoms with Crippen LogP contribution in [0.1, 0.15) is 15.2 Å². The van der Waals surface area contributed by atoms with Gasteiger partial charge in [0.1, 0.15) is 0 Å². The van der Waals surface area contributed by atoms with E-state index < -0.39 is 5.97 Å².